The first-order valence-electron chi connectivity index (χ1n) is 6.24. The highest BCUT2D eigenvalue weighted by Gasteiger charge is 2.06. The van der Waals surface area contributed by atoms with E-state index in [0.29, 0.717) is 23.5 Å². The van der Waals surface area contributed by atoms with Crippen LogP contribution in [0.5, 0.6) is 0 Å². The van der Waals surface area contributed by atoms with Crippen LogP contribution >= 0.6 is 11.8 Å². The molecule has 0 radical (unpaired) electrons. The van der Waals surface area contributed by atoms with Crippen molar-refractivity contribution in [3.63, 3.8) is 0 Å². The highest BCUT2D eigenvalue weighted by molar-refractivity contribution is 8.00. The Labute approximate surface area is 114 Å². The second-order valence-corrected chi connectivity index (χ2v) is 6.11. The first-order valence-corrected chi connectivity index (χ1v) is 7.29. The molecule has 3 N–H and O–H groups in total. The largest absolute Gasteiger partial charge is 0.329 e. The molecule has 100 valence electrons. The van der Waals surface area contributed by atoms with E-state index in [4.69, 9.17) is 5.73 Å². The minimum atomic E-state index is 0.0256. The molecule has 0 spiro atoms. The number of nitrogens with two attached hydrogens (primary N) is 1. The van der Waals surface area contributed by atoms with E-state index in [2.05, 4.69) is 31.3 Å². The molecule has 1 rings (SSSR count). The Balaban J connectivity index is 2.44. The number of thioether (sulfide) groups is 1. The molecule has 0 heterocycles. The van der Waals surface area contributed by atoms with Crippen LogP contribution in [-0.4, -0.2) is 23.5 Å². The predicted octanol–water partition coefficient (Wildman–Crippen LogP) is 2.83. The average Bonchev–Trinajstić information content (AvgIpc) is 2.36. The van der Waals surface area contributed by atoms with Crippen molar-refractivity contribution in [1.82, 2.24) is 0 Å². The Kier molecular flexibility index (Phi) is 6.22. The number of benzene rings is 1. The fraction of sp³-hybridized carbons (Fsp3) is 0.500. The van der Waals surface area contributed by atoms with E-state index in [0.717, 1.165) is 5.69 Å². The summed E-state index contributed by atoms with van der Waals surface area (Å²) in [6, 6.07) is 8.00. The topological polar surface area (TPSA) is 55.1 Å². The highest BCUT2D eigenvalue weighted by Crippen LogP contribution is 2.17. The van der Waals surface area contributed by atoms with E-state index in [9.17, 15) is 4.79 Å². The molecule has 1 atom stereocenters. The Hall–Kier alpha value is -1.00. The lowest BCUT2D eigenvalue weighted by atomic mass is 10.0. The van der Waals surface area contributed by atoms with Crippen LogP contribution in [0.25, 0.3) is 0 Å². The summed E-state index contributed by atoms with van der Waals surface area (Å²) in [6.45, 7) is 6.92. The summed E-state index contributed by atoms with van der Waals surface area (Å²) in [4.78, 5) is 11.7. The fourth-order valence-electron chi connectivity index (χ4n) is 1.43. The van der Waals surface area contributed by atoms with Crippen LogP contribution in [0.2, 0.25) is 0 Å². The molecule has 1 aromatic carbocycles. The summed E-state index contributed by atoms with van der Waals surface area (Å²) < 4.78 is 0. The van der Waals surface area contributed by atoms with Crippen molar-refractivity contribution in [2.24, 2.45) is 5.73 Å². The van der Waals surface area contributed by atoms with Gasteiger partial charge in [0, 0.05) is 17.5 Å². The van der Waals surface area contributed by atoms with E-state index < -0.39 is 0 Å². The van der Waals surface area contributed by atoms with Gasteiger partial charge < -0.3 is 11.1 Å². The summed E-state index contributed by atoms with van der Waals surface area (Å²) in [5, 5.41) is 3.21. The minimum Gasteiger partial charge on any atom is -0.329 e. The molecule has 0 aromatic heterocycles. The smallest absolute Gasteiger partial charge is 0.234 e. The fourth-order valence-corrected chi connectivity index (χ4v) is 2.08. The number of carbonyl (C=O) groups excluding carboxylic acids is 1. The molecule has 4 heteroatoms. The molecule has 0 fully saturated rings. The van der Waals surface area contributed by atoms with Crippen LogP contribution in [0.1, 0.15) is 32.3 Å². The molecule has 1 unspecified atom stereocenters. The second-order valence-electron chi connectivity index (χ2n) is 4.68. The van der Waals surface area contributed by atoms with E-state index in [1.165, 1.54) is 5.56 Å². The van der Waals surface area contributed by atoms with Crippen LogP contribution in [0.3, 0.4) is 0 Å². The number of amides is 1. The van der Waals surface area contributed by atoms with Gasteiger partial charge in [0.1, 0.15) is 0 Å². The molecule has 18 heavy (non-hydrogen) atoms. The quantitative estimate of drug-likeness (QED) is 0.832. The van der Waals surface area contributed by atoms with Crippen molar-refractivity contribution >= 4 is 23.4 Å². The lowest BCUT2D eigenvalue weighted by molar-refractivity contribution is -0.113. The Morgan fingerprint density at radius 2 is 1.89 bits per heavy atom. The van der Waals surface area contributed by atoms with Crippen LogP contribution in [0.4, 0.5) is 5.69 Å². The molecule has 0 aliphatic carbocycles. The van der Waals surface area contributed by atoms with Crippen molar-refractivity contribution in [2.75, 3.05) is 17.6 Å². The van der Waals surface area contributed by atoms with Crippen LogP contribution in [-0.2, 0) is 4.79 Å². The maximum absolute atomic E-state index is 11.7. The van der Waals surface area contributed by atoms with Gasteiger partial charge >= 0.3 is 0 Å². The Morgan fingerprint density at radius 1 is 1.28 bits per heavy atom. The first-order chi connectivity index (χ1) is 8.52. The number of hydrogen-bond acceptors (Lipinski definition) is 3. The summed E-state index contributed by atoms with van der Waals surface area (Å²) in [5.74, 6) is 0.984. The van der Waals surface area contributed by atoms with Gasteiger partial charge in [-0.2, -0.15) is 0 Å². The van der Waals surface area contributed by atoms with Crippen LogP contribution < -0.4 is 11.1 Å². The zero-order valence-electron chi connectivity index (χ0n) is 11.3. The van der Waals surface area contributed by atoms with Gasteiger partial charge in [-0.1, -0.05) is 32.9 Å². The number of nitrogens with one attached hydrogen (secondary N) is 1. The second kappa shape index (κ2) is 7.44. The van der Waals surface area contributed by atoms with E-state index in [1.807, 2.05) is 19.1 Å². The monoisotopic (exact) mass is 266 g/mol. The lowest BCUT2D eigenvalue weighted by Crippen LogP contribution is -2.19. The number of rotatable bonds is 6. The highest BCUT2D eigenvalue weighted by atomic mass is 32.2. The molecule has 1 aromatic rings. The Morgan fingerprint density at radius 3 is 2.39 bits per heavy atom. The zero-order chi connectivity index (χ0) is 13.5. The molecular formula is C14H22N2OS. The van der Waals surface area contributed by atoms with Gasteiger partial charge in [-0.05, 0) is 23.6 Å². The lowest BCUT2D eigenvalue weighted by Gasteiger charge is -2.10. The number of hydrogen-bond donors (Lipinski definition) is 2. The molecule has 3 nitrogen and oxygen atoms in total. The summed E-state index contributed by atoms with van der Waals surface area (Å²) >= 11 is 1.57. The normalized spacial score (nSPS) is 12.5. The molecule has 1 amide bonds. The molecule has 0 saturated carbocycles. The summed E-state index contributed by atoms with van der Waals surface area (Å²) in [5.41, 5.74) is 7.63. The standard InChI is InChI=1S/C14H22N2OS/c1-10(2)12-4-6-13(7-5-12)16-14(17)9-18-11(3)8-15/h4-7,10-11H,8-9,15H2,1-3H3,(H,16,17). The molecule has 0 bridgehead atoms. The molecule has 0 saturated heterocycles. The zero-order valence-corrected chi connectivity index (χ0v) is 12.1. The van der Waals surface area contributed by atoms with Crippen molar-refractivity contribution in [2.45, 2.75) is 31.9 Å². The van der Waals surface area contributed by atoms with E-state index >= 15 is 0 Å². The first kappa shape index (κ1) is 15.1. The van der Waals surface area contributed by atoms with Crippen molar-refractivity contribution in [1.29, 1.82) is 0 Å². The molecular weight excluding hydrogens is 244 g/mol. The van der Waals surface area contributed by atoms with Gasteiger partial charge in [0.15, 0.2) is 0 Å². The summed E-state index contributed by atoms with van der Waals surface area (Å²) in [6.07, 6.45) is 0. The van der Waals surface area contributed by atoms with Crippen molar-refractivity contribution in [3.8, 4) is 0 Å². The van der Waals surface area contributed by atoms with E-state index in [1.54, 1.807) is 11.8 Å². The van der Waals surface area contributed by atoms with Gasteiger partial charge in [-0.3, -0.25) is 4.79 Å². The summed E-state index contributed by atoms with van der Waals surface area (Å²) in [7, 11) is 0. The minimum absolute atomic E-state index is 0.0256. The number of carbonyl (C=O) groups is 1. The van der Waals surface area contributed by atoms with Gasteiger partial charge in [0.2, 0.25) is 5.91 Å². The molecule has 0 aliphatic heterocycles. The van der Waals surface area contributed by atoms with Gasteiger partial charge in [-0.25, -0.2) is 0 Å². The van der Waals surface area contributed by atoms with Gasteiger partial charge in [0.25, 0.3) is 0 Å². The average molecular weight is 266 g/mol. The third kappa shape index (κ3) is 5.10. The van der Waals surface area contributed by atoms with Gasteiger partial charge in [0.05, 0.1) is 5.75 Å². The third-order valence-electron chi connectivity index (χ3n) is 2.69. The van der Waals surface area contributed by atoms with Gasteiger partial charge in [-0.15, -0.1) is 11.8 Å². The predicted molar refractivity (Wildman–Crippen MR) is 80.1 cm³/mol. The van der Waals surface area contributed by atoms with Crippen molar-refractivity contribution in [3.05, 3.63) is 29.8 Å². The Bertz CT molecular complexity index is 376. The van der Waals surface area contributed by atoms with E-state index in [-0.39, 0.29) is 5.91 Å². The third-order valence-corrected chi connectivity index (χ3v) is 3.88. The SMILES string of the molecule is CC(CN)SCC(=O)Nc1ccc(C(C)C)cc1. The van der Waals surface area contributed by atoms with Crippen molar-refractivity contribution < 1.29 is 4.79 Å². The molecule has 0 aliphatic rings. The van der Waals surface area contributed by atoms with Crippen LogP contribution in [0.15, 0.2) is 24.3 Å². The maximum Gasteiger partial charge on any atom is 0.234 e. The van der Waals surface area contributed by atoms with Crippen LogP contribution in [0, 0.1) is 0 Å². The number of anilines is 1. The maximum atomic E-state index is 11.7.